The van der Waals surface area contributed by atoms with Crippen LogP contribution < -0.4 is 0 Å². The van der Waals surface area contributed by atoms with Crippen molar-refractivity contribution in [1.82, 2.24) is 9.55 Å². The second kappa shape index (κ2) is 5.32. The maximum atomic E-state index is 11.1. The van der Waals surface area contributed by atoms with Crippen molar-refractivity contribution >= 4 is 17.7 Å². The van der Waals surface area contributed by atoms with E-state index in [1.165, 1.54) is 4.90 Å². The van der Waals surface area contributed by atoms with Crippen molar-refractivity contribution < 1.29 is 9.90 Å². The summed E-state index contributed by atoms with van der Waals surface area (Å²) in [6, 6.07) is 5.46. The number of rotatable bonds is 3. The first kappa shape index (κ1) is 13.2. The zero-order chi connectivity index (χ0) is 14.1. The molecule has 0 amide bonds. The Bertz CT molecular complexity index is 625. The summed E-state index contributed by atoms with van der Waals surface area (Å²) < 4.78 is 2.09. The molecule has 1 aliphatic heterocycles. The number of aromatic carboxylic acids is 1. The Morgan fingerprint density at radius 3 is 3.10 bits per heavy atom. The van der Waals surface area contributed by atoms with Gasteiger partial charge in [0.1, 0.15) is 0 Å². The minimum atomic E-state index is -0.860. The molecule has 1 aliphatic rings. The number of benzene rings is 1. The van der Waals surface area contributed by atoms with Crippen molar-refractivity contribution in [1.29, 1.82) is 0 Å². The molecule has 0 radical (unpaired) electrons. The fourth-order valence-corrected chi connectivity index (χ4v) is 4.00. The molecule has 4 nitrogen and oxygen atoms in total. The van der Waals surface area contributed by atoms with Crippen molar-refractivity contribution in [2.24, 2.45) is 5.92 Å². The summed E-state index contributed by atoms with van der Waals surface area (Å²) in [5.74, 6) is 1.04. The van der Waals surface area contributed by atoms with Gasteiger partial charge in [0.2, 0.25) is 0 Å². The Morgan fingerprint density at radius 1 is 1.55 bits per heavy atom. The number of fused-ring (bicyclic) bond motifs is 1. The average molecular weight is 288 g/mol. The highest BCUT2D eigenvalue weighted by molar-refractivity contribution is 7.99. The lowest BCUT2D eigenvalue weighted by Crippen LogP contribution is -2.23. The van der Waals surface area contributed by atoms with Gasteiger partial charge in [-0.1, -0.05) is 6.92 Å². The molecule has 20 heavy (non-hydrogen) atoms. The van der Waals surface area contributed by atoms with Crippen LogP contribution in [0.3, 0.4) is 0 Å². The highest BCUT2D eigenvalue weighted by Gasteiger charge is 2.27. The van der Waals surface area contributed by atoms with Gasteiger partial charge in [0.25, 0.3) is 0 Å². The lowest BCUT2D eigenvalue weighted by molar-refractivity contribution is 0.0696. The van der Waals surface area contributed by atoms with E-state index in [1.54, 1.807) is 12.3 Å². The van der Waals surface area contributed by atoms with Gasteiger partial charge < -0.3 is 9.67 Å². The average Bonchev–Trinajstić information content (AvgIpc) is 2.94. The number of carbonyl (C=O) groups is 1. The molecule has 1 N–H and O–H groups in total. The van der Waals surface area contributed by atoms with Crippen molar-refractivity contribution in [2.45, 2.75) is 24.3 Å². The third-order valence-corrected chi connectivity index (χ3v) is 5.19. The van der Waals surface area contributed by atoms with Crippen LogP contribution in [-0.2, 0) is 6.54 Å². The van der Waals surface area contributed by atoms with E-state index in [-0.39, 0.29) is 0 Å². The maximum absolute atomic E-state index is 11.1. The van der Waals surface area contributed by atoms with Gasteiger partial charge in [-0.05, 0) is 35.6 Å². The minimum Gasteiger partial charge on any atom is -0.478 e. The van der Waals surface area contributed by atoms with Gasteiger partial charge in [0.15, 0.2) is 0 Å². The molecular formula is C15H16N2O2S. The molecule has 2 atom stereocenters. The van der Waals surface area contributed by atoms with Crippen LogP contribution in [0, 0.1) is 5.92 Å². The largest absolute Gasteiger partial charge is 0.478 e. The predicted molar refractivity (Wildman–Crippen MR) is 78.3 cm³/mol. The molecule has 0 aliphatic carbocycles. The maximum Gasteiger partial charge on any atom is 0.335 e. The third kappa shape index (κ3) is 2.45. The molecule has 3 rings (SSSR count). The molecule has 0 bridgehead atoms. The number of carboxylic acid groups (broad SMARTS) is 1. The molecule has 0 spiro atoms. The highest BCUT2D eigenvalue weighted by Crippen LogP contribution is 2.41. The van der Waals surface area contributed by atoms with Crippen molar-refractivity contribution in [3.63, 3.8) is 0 Å². The van der Waals surface area contributed by atoms with Crippen LogP contribution in [0.2, 0.25) is 0 Å². The molecule has 2 aromatic rings. The first-order valence-electron chi connectivity index (χ1n) is 6.61. The van der Waals surface area contributed by atoms with Crippen LogP contribution >= 0.6 is 11.8 Å². The number of hydrogen-bond donors (Lipinski definition) is 1. The lowest BCUT2D eigenvalue weighted by atomic mass is 9.87. The van der Waals surface area contributed by atoms with Gasteiger partial charge in [0.05, 0.1) is 11.9 Å². The molecular weight excluding hydrogens is 272 g/mol. The molecule has 0 saturated carbocycles. The van der Waals surface area contributed by atoms with Crippen LogP contribution in [0.1, 0.15) is 28.8 Å². The van der Waals surface area contributed by atoms with Gasteiger partial charge in [-0.2, -0.15) is 0 Å². The smallest absolute Gasteiger partial charge is 0.335 e. The van der Waals surface area contributed by atoms with E-state index >= 15 is 0 Å². The number of hydrogen-bond acceptors (Lipinski definition) is 3. The standard InChI is InChI=1S/C15H16N2O2S/c1-10-12(7-17-5-4-16-9-17)8-20-14-3-2-11(15(18)19)6-13(10)14/h2-6,9-10,12H,7-8H2,1H3,(H,18,19). The first-order chi connectivity index (χ1) is 9.65. The fourth-order valence-electron chi connectivity index (χ4n) is 2.64. The summed E-state index contributed by atoms with van der Waals surface area (Å²) in [6.45, 7) is 3.11. The Kier molecular flexibility index (Phi) is 3.53. The van der Waals surface area contributed by atoms with Gasteiger partial charge in [-0.15, -0.1) is 11.8 Å². The van der Waals surface area contributed by atoms with Gasteiger partial charge in [-0.25, -0.2) is 9.78 Å². The number of aromatic nitrogens is 2. The molecule has 1 aromatic carbocycles. The molecule has 0 saturated heterocycles. The number of imidazole rings is 1. The third-order valence-electron chi connectivity index (χ3n) is 3.91. The highest BCUT2D eigenvalue weighted by atomic mass is 32.2. The SMILES string of the molecule is CC1c2cc(C(=O)O)ccc2SCC1Cn1ccnc1. The summed E-state index contributed by atoms with van der Waals surface area (Å²) in [5, 5.41) is 9.13. The van der Waals surface area contributed by atoms with Crippen LogP contribution in [0.5, 0.6) is 0 Å². The van der Waals surface area contributed by atoms with Crippen LogP contribution in [0.4, 0.5) is 0 Å². The molecule has 2 heterocycles. The second-order valence-corrected chi connectivity index (χ2v) is 6.24. The van der Waals surface area contributed by atoms with Gasteiger partial charge in [-0.3, -0.25) is 0 Å². The van der Waals surface area contributed by atoms with Crippen LogP contribution in [0.15, 0.2) is 41.8 Å². The summed E-state index contributed by atoms with van der Waals surface area (Å²) in [4.78, 5) is 16.4. The van der Waals surface area contributed by atoms with Gasteiger partial charge >= 0.3 is 5.97 Å². The van der Waals surface area contributed by atoms with Gasteiger partial charge in [0, 0.05) is 29.6 Å². The summed E-state index contributed by atoms with van der Waals surface area (Å²) in [7, 11) is 0. The first-order valence-corrected chi connectivity index (χ1v) is 7.59. The topological polar surface area (TPSA) is 55.1 Å². The van der Waals surface area contributed by atoms with Crippen molar-refractivity contribution in [3.05, 3.63) is 48.0 Å². The van der Waals surface area contributed by atoms with E-state index in [2.05, 4.69) is 16.5 Å². The number of thioether (sulfide) groups is 1. The molecule has 1 aromatic heterocycles. The monoisotopic (exact) mass is 288 g/mol. The van der Waals surface area contributed by atoms with E-state index in [0.29, 0.717) is 17.4 Å². The van der Waals surface area contributed by atoms with E-state index < -0.39 is 5.97 Å². The number of carboxylic acids is 1. The van der Waals surface area contributed by atoms with Crippen LogP contribution in [0.25, 0.3) is 0 Å². The normalized spacial score (nSPS) is 21.4. The minimum absolute atomic E-state index is 0.355. The quantitative estimate of drug-likeness (QED) is 0.943. The molecule has 0 fully saturated rings. The molecule has 104 valence electrons. The zero-order valence-electron chi connectivity index (χ0n) is 11.2. The van der Waals surface area contributed by atoms with E-state index in [1.807, 2.05) is 36.4 Å². The van der Waals surface area contributed by atoms with Crippen molar-refractivity contribution in [3.8, 4) is 0 Å². The van der Waals surface area contributed by atoms with E-state index in [0.717, 1.165) is 17.9 Å². The molecule has 2 unspecified atom stereocenters. The summed E-state index contributed by atoms with van der Waals surface area (Å²) in [6.07, 6.45) is 5.60. The lowest BCUT2D eigenvalue weighted by Gasteiger charge is -2.31. The molecule has 5 heteroatoms. The second-order valence-electron chi connectivity index (χ2n) is 5.18. The van der Waals surface area contributed by atoms with Crippen molar-refractivity contribution in [2.75, 3.05) is 5.75 Å². The number of nitrogens with zero attached hydrogens (tertiary/aromatic N) is 2. The van der Waals surface area contributed by atoms with E-state index in [4.69, 9.17) is 5.11 Å². The zero-order valence-corrected chi connectivity index (χ0v) is 12.0. The fraction of sp³-hybridized carbons (Fsp3) is 0.333. The Morgan fingerprint density at radius 2 is 2.40 bits per heavy atom. The summed E-state index contributed by atoms with van der Waals surface area (Å²) >= 11 is 1.82. The Balaban J connectivity index is 1.87. The summed E-state index contributed by atoms with van der Waals surface area (Å²) in [5.41, 5.74) is 1.53. The predicted octanol–water partition coefficient (Wildman–Crippen LogP) is 3.11. The van der Waals surface area contributed by atoms with E-state index in [9.17, 15) is 4.79 Å². The van der Waals surface area contributed by atoms with Crippen LogP contribution in [-0.4, -0.2) is 26.4 Å². The Hall–Kier alpha value is -1.75. The Labute approximate surface area is 121 Å².